The van der Waals surface area contributed by atoms with E-state index in [0.29, 0.717) is 23.1 Å². The van der Waals surface area contributed by atoms with Gasteiger partial charge in [0.1, 0.15) is 5.03 Å². The second-order valence-corrected chi connectivity index (χ2v) is 8.83. The van der Waals surface area contributed by atoms with Crippen LogP contribution >= 0.6 is 23.4 Å². The largest absolute Gasteiger partial charge is 0.351 e. The number of nitrogens with zero attached hydrogens (tertiary/aromatic N) is 3. The van der Waals surface area contributed by atoms with E-state index in [9.17, 15) is 9.59 Å². The lowest BCUT2D eigenvalue weighted by Crippen LogP contribution is -2.31. The molecule has 6 nitrogen and oxygen atoms in total. The molecular weight excluding hydrogens is 432 g/mol. The van der Waals surface area contributed by atoms with Crippen molar-refractivity contribution >= 4 is 29.3 Å². The summed E-state index contributed by atoms with van der Waals surface area (Å²) in [5.41, 5.74) is 3.66. The number of fused-ring (bicyclic) bond motifs is 1. The summed E-state index contributed by atoms with van der Waals surface area (Å²) in [4.78, 5) is 33.8. The maximum atomic E-state index is 12.8. The second kappa shape index (κ2) is 10.1. The number of rotatable bonds is 7. The summed E-state index contributed by atoms with van der Waals surface area (Å²) in [6.07, 6.45) is 5.56. The molecule has 0 bridgehead atoms. The highest BCUT2D eigenvalue weighted by atomic mass is 35.5. The molecule has 0 saturated carbocycles. The highest BCUT2D eigenvalue weighted by Gasteiger charge is 2.21. The fraction of sp³-hybridized carbons (Fsp3) is 0.304. The van der Waals surface area contributed by atoms with Crippen molar-refractivity contribution in [2.45, 2.75) is 43.8 Å². The maximum absolute atomic E-state index is 12.8. The third kappa shape index (κ3) is 5.54. The predicted molar refractivity (Wildman–Crippen MR) is 123 cm³/mol. The predicted octanol–water partition coefficient (Wildman–Crippen LogP) is 3.63. The van der Waals surface area contributed by atoms with Crippen LogP contribution in [0.2, 0.25) is 5.02 Å². The fourth-order valence-electron chi connectivity index (χ4n) is 3.67. The molecule has 2 aromatic heterocycles. The highest BCUT2D eigenvalue weighted by Crippen LogP contribution is 2.28. The van der Waals surface area contributed by atoms with E-state index in [2.05, 4.69) is 15.3 Å². The quantitative estimate of drug-likeness (QED) is 0.435. The molecule has 1 aliphatic rings. The third-order valence-corrected chi connectivity index (χ3v) is 6.51. The summed E-state index contributed by atoms with van der Waals surface area (Å²) in [6.45, 7) is 0.856. The summed E-state index contributed by atoms with van der Waals surface area (Å²) >= 11 is 7.23. The first-order chi connectivity index (χ1) is 15.1. The molecule has 0 atom stereocenters. The fourth-order valence-corrected chi connectivity index (χ4v) is 4.70. The summed E-state index contributed by atoms with van der Waals surface area (Å²) in [6, 6.07) is 13.1. The molecule has 4 rings (SSSR count). The zero-order chi connectivity index (χ0) is 21.6. The minimum Gasteiger partial charge on any atom is -0.351 e. The Morgan fingerprint density at radius 1 is 1.13 bits per heavy atom. The Labute approximate surface area is 190 Å². The topological polar surface area (TPSA) is 76.9 Å². The van der Waals surface area contributed by atoms with Crippen molar-refractivity contribution in [3.63, 3.8) is 0 Å². The number of carbonyl (C=O) groups excluding carboxylic acids is 1. The van der Waals surface area contributed by atoms with Crippen molar-refractivity contribution in [1.82, 2.24) is 19.9 Å². The Bertz CT molecular complexity index is 1120. The highest BCUT2D eigenvalue weighted by molar-refractivity contribution is 7.99. The van der Waals surface area contributed by atoms with Crippen LogP contribution in [-0.4, -0.2) is 26.2 Å². The van der Waals surface area contributed by atoms with E-state index in [1.807, 2.05) is 30.3 Å². The molecule has 160 valence electrons. The van der Waals surface area contributed by atoms with E-state index in [-0.39, 0.29) is 17.3 Å². The van der Waals surface area contributed by atoms with Crippen LogP contribution in [-0.2, 0) is 30.7 Å². The number of nitrogens with one attached hydrogen (secondary N) is 1. The average molecular weight is 455 g/mol. The molecule has 0 spiro atoms. The second-order valence-electron chi connectivity index (χ2n) is 7.43. The zero-order valence-corrected chi connectivity index (χ0v) is 18.6. The zero-order valence-electron chi connectivity index (χ0n) is 17.0. The van der Waals surface area contributed by atoms with Crippen LogP contribution < -0.4 is 11.0 Å². The lowest BCUT2D eigenvalue weighted by atomic mass is 9.97. The molecule has 8 heteroatoms. The van der Waals surface area contributed by atoms with Crippen molar-refractivity contribution in [3.8, 4) is 0 Å². The minimum absolute atomic E-state index is 0.0935. The van der Waals surface area contributed by atoms with Gasteiger partial charge in [-0.25, -0.2) is 4.79 Å². The molecule has 1 N–H and O–H groups in total. The molecule has 2 heterocycles. The summed E-state index contributed by atoms with van der Waals surface area (Å²) < 4.78 is 1.74. The smallest absolute Gasteiger partial charge is 0.349 e. The molecule has 0 unspecified atom stereocenters. The number of hydrogen-bond donors (Lipinski definition) is 1. The van der Waals surface area contributed by atoms with Crippen molar-refractivity contribution in [2.75, 3.05) is 5.75 Å². The number of hydrogen-bond acceptors (Lipinski definition) is 5. The van der Waals surface area contributed by atoms with E-state index in [4.69, 9.17) is 11.6 Å². The molecule has 1 aromatic carbocycles. The van der Waals surface area contributed by atoms with Gasteiger partial charge in [-0.15, -0.1) is 0 Å². The summed E-state index contributed by atoms with van der Waals surface area (Å²) in [7, 11) is 0. The lowest BCUT2D eigenvalue weighted by Gasteiger charge is -2.22. The van der Waals surface area contributed by atoms with Crippen molar-refractivity contribution < 1.29 is 4.79 Å². The van der Waals surface area contributed by atoms with E-state index in [1.54, 1.807) is 22.9 Å². The molecule has 3 aromatic rings. The Hall–Kier alpha value is -2.64. The first kappa shape index (κ1) is 21.6. The number of halogens is 1. The first-order valence-corrected chi connectivity index (χ1v) is 11.6. The molecule has 31 heavy (non-hydrogen) atoms. The van der Waals surface area contributed by atoms with E-state index >= 15 is 0 Å². The standard InChI is InChI=1S/C23H23ClN4O2S/c24-17-10-8-16(9-11-17)13-26-21(29)15-31-22-19-6-1-2-7-20(19)28(23(30)27-22)14-18-5-3-4-12-25-18/h3-5,8-12H,1-2,6-7,13-15H2,(H,26,29). The Morgan fingerprint density at radius 2 is 1.94 bits per heavy atom. The van der Waals surface area contributed by atoms with E-state index < -0.39 is 0 Å². The van der Waals surface area contributed by atoms with Gasteiger partial charge in [-0.2, -0.15) is 4.98 Å². The molecule has 0 fully saturated rings. The number of carbonyl (C=O) groups is 1. The van der Waals surface area contributed by atoms with Gasteiger partial charge in [0.2, 0.25) is 5.91 Å². The van der Waals surface area contributed by atoms with Crippen LogP contribution in [0, 0.1) is 0 Å². The Balaban J connectivity index is 1.46. The van der Waals surface area contributed by atoms with Gasteiger partial charge in [0, 0.05) is 29.0 Å². The molecule has 0 aliphatic heterocycles. The number of amides is 1. The van der Waals surface area contributed by atoms with Crippen LogP contribution in [0.1, 0.15) is 35.4 Å². The Kier molecular flexibility index (Phi) is 7.04. The van der Waals surface area contributed by atoms with Gasteiger partial charge in [0.05, 0.1) is 18.0 Å². The average Bonchev–Trinajstić information content (AvgIpc) is 2.80. The number of benzene rings is 1. The molecule has 0 saturated heterocycles. The van der Waals surface area contributed by atoms with E-state index in [0.717, 1.165) is 48.2 Å². The molecule has 0 radical (unpaired) electrons. The molecular formula is C23H23ClN4O2S. The van der Waals surface area contributed by atoms with Crippen molar-refractivity contribution in [3.05, 3.63) is 86.7 Å². The van der Waals surface area contributed by atoms with Crippen molar-refractivity contribution in [2.24, 2.45) is 0 Å². The Morgan fingerprint density at radius 3 is 2.71 bits per heavy atom. The monoisotopic (exact) mass is 454 g/mol. The van der Waals surface area contributed by atoms with Gasteiger partial charge in [-0.05, 0) is 55.5 Å². The van der Waals surface area contributed by atoms with Crippen molar-refractivity contribution in [1.29, 1.82) is 0 Å². The third-order valence-electron chi connectivity index (χ3n) is 5.24. The van der Waals surface area contributed by atoms with Gasteiger partial charge in [-0.1, -0.05) is 41.6 Å². The van der Waals surface area contributed by atoms with Crippen LogP contribution in [0.15, 0.2) is 58.5 Å². The lowest BCUT2D eigenvalue weighted by molar-refractivity contribution is -0.118. The van der Waals surface area contributed by atoms with Crippen LogP contribution in [0.25, 0.3) is 0 Å². The summed E-state index contributed by atoms with van der Waals surface area (Å²) in [5.74, 6) is 0.125. The van der Waals surface area contributed by atoms with Gasteiger partial charge in [0.25, 0.3) is 0 Å². The summed E-state index contributed by atoms with van der Waals surface area (Å²) in [5, 5.41) is 4.25. The normalized spacial score (nSPS) is 12.9. The molecule has 1 amide bonds. The number of thioether (sulfide) groups is 1. The van der Waals surface area contributed by atoms with E-state index in [1.165, 1.54) is 11.8 Å². The van der Waals surface area contributed by atoms with Gasteiger partial charge < -0.3 is 5.32 Å². The number of pyridine rings is 1. The molecule has 1 aliphatic carbocycles. The van der Waals surface area contributed by atoms with Gasteiger partial charge >= 0.3 is 5.69 Å². The SMILES string of the molecule is O=C(CSc1nc(=O)n(Cc2ccccn2)c2c1CCCC2)NCc1ccc(Cl)cc1. The maximum Gasteiger partial charge on any atom is 0.349 e. The number of aromatic nitrogens is 3. The van der Waals surface area contributed by atoms with Crippen LogP contribution in [0.5, 0.6) is 0 Å². The minimum atomic E-state index is -0.282. The van der Waals surface area contributed by atoms with Crippen LogP contribution in [0.4, 0.5) is 0 Å². The van der Waals surface area contributed by atoms with Gasteiger partial charge in [0.15, 0.2) is 0 Å². The van der Waals surface area contributed by atoms with Gasteiger partial charge in [-0.3, -0.25) is 14.3 Å². The van der Waals surface area contributed by atoms with Crippen LogP contribution in [0.3, 0.4) is 0 Å². The first-order valence-electron chi connectivity index (χ1n) is 10.3.